The van der Waals surface area contributed by atoms with Crippen molar-refractivity contribution in [1.29, 1.82) is 0 Å². The number of halogens is 1. The minimum atomic E-state index is -0.547. The highest BCUT2D eigenvalue weighted by molar-refractivity contribution is 6.07. The number of methoxy groups -OCH3 is 1. The van der Waals surface area contributed by atoms with E-state index in [1.165, 1.54) is 18.2 Å². The molecule has 2 aromatic carbocycles. The summed E-state index contributed by atoms with van der Waals surface area (Å²) >= 11 is 0. The monoisotopic (exact) mass is 424 g/mol. The van der Waals surface area contributed by atoms with Crippen molar-refractivity contribution in [3.8, 4) is 5.75 Å². The highest BCUT2D eigenvalue weighted by atomic mass is 19.1. The van der Waals surface area contributed by atoms with Crippen molar-refractivity contribution in [3.05, 3.63) is 53.5 Å². The molecule has 1 fully saturated rings. The fraction of sp³-hybridized carbons (Fsp3) is 0.333. The topological polar surface area (TPSA) is 80.6 Å². The summed E-state index contributed by atoms with van der Waals surface area (Å²) in [4.78, 5) is 25.3. The molecule has 3 aromatic rings. The molecule has 1 aromatic heterocycles. The first-order chi connectivity index (χ1) is 15.0. The number of carbonyl (C=O) groups is 2. The number of aryl methyl sites for hydroxylation is 1. The number of rotatable bonds is 5. The molecule has 1 aliphatic carbocycles. The lowest BCUT2D eigenvalue weighted by Crippen LogP contribution is -2.25. The summed E-state index contributed by atoms with van der Waals surface area (Å²) in [6.45, 7) is 1.79. The predicted octanol–water partition coefficient (Wildman–Crippen LogP) is 5.66. The van der Waals surface area contributed by atoms with Crippen LogP contribution in [0.1, 0.15) is 48.2 Å². The van der Waals surface area contributed by atoms with E-state index >= 15 is 0 Å². The number of nitrogens with one attached hydrogen (secondary N) is 2. The van der Waals surface area contributed by atoms with Gasteiger partial charge in [-0.1, -0.05) is 19.3 Å². The molecular weight excluding hydrogens is 399 g/mol. The van der Waals surface area contributed by atoms with Gasteiger partial charge in [0.15, 0.2) is 5.76 Å². The summed E-state index contributed by atoms with van der Waals surface area (Å²) in [6, 6.07) is 9.41. The molecule has 0 aliphatic heterocycles. The lowest BCUT2D eigenvalue weighted by Gasteiger charge is -2.21. The molecule has 2 amide bonds. The fourth-order valence-corrected chi connectivity index (χ4v) is 4.03. The Morgan fingerprint density at radius 3 is 2.58 bits per heavy atom. The third kappa shape index (κ3) is 4.40. The van der Waals surface area contributed by atoms with E-state index in [1.54, 1.807) is 26.2 Å². The Kier molecular flexibility index (Phi) is 5.93. The van der Waals surface area contributed by atoms with Crippen LogP contribution in [0.4, 0.5) is 15.8 Å². The van der Waals surface area contributed by atoms with Crippen LogP contribution in [0.2, 0.25) is 0 Å². The highest BCUT2D eigenvalue weighted by Crippen LogP contribution is 2.30. The maximum atomic E-state index is 14.3. The molecule has 0 bridgehead atoms. The van der Waals surface area contributed by atoms with Gasteiger partial charge < -0.3 is 19.8 Å². The molecule has 6 nitrogen and oxygen atoms in total. The van der Waals surface area contributed by atoms with E-state index in [0.29, 0.717) is 22.6 Å². The van der Waals surface area contributed by atoms with Crippen molar-refractivity contribution >= 4 is 34.2 Å². The first kappa shape index (κ1) is 20.9. The molecule has 1 aliphatic rings. The van der Waals surface area contributed by atoms with Crippen molar-refractivity contribution in [2.75, 3.05) is 17.7 Å². The van der Waals surface area contributed by atoms with E-state index in [2.05, 4.69) is 10.6 Å². The van der Waals surface area contributed by atoms with Gasteiger partial charge in [-0.2, -0.15) is 0 Å². The van der Waals surface area contributed by atoms with Crippen LogP contribution in [0.3, 0.4) is 0 Å². The van der Waals surface area contributed by atoms with Gasteiger partial charge in [-0.15, -0.1) is 0 Å². The summed E-state index contributed by atoms with van der Waals surface area (Å²) < 4.78 is 25.2. The van der Waals surface area contributed by atoms with Crippen molar-refractivity contribution in [3.63, 3.8) is 0 Å². The Morgan fingerprint density at radius 1 is 1.06 bits per heavy atom. The molecular formula is C24H25FN2O4. The van der Waals surface area contributed by atoms with Crippen LogP contribution in [0.15, 0.2) is 40.8 Å². The quantitative estimate of drug-likeness (QED) is 0.554. The second-order valence-corrected chi connectivity index (χ2v) is 7.89. The zero-order valence-electron chi connectivity index (χ0n) is 17.6. The lowest BCUT2D eigenvalue weighted by atomic mass is 9.88. The Morgan fingerprint density at radius 2 is 1.84 bits per heavy atom. The third-order valence-electron chi connectivity index (χ3n) is 5.81. The highest BCUT2D eigenvalue weighted by Gasteiger charge is 2.23. The van der Waals surface area contributed by atoms with E-state index in [9.17, 15) is 14.0 Å². The van der Waals surface area contributed by atoms with Gasteiger partial charge >= 0.3 is 0 Å². The number of benzene rings is 2. The molecule has 2 N–H and O–H groups in total. The van der Waals surface area contributed by atoms with E-state index < -0.39 is 11.7 Å². The Labute approximate surface area is 179 Å². The molecule has 0 atom stereocenters. The van der Waals surface area contributed by atoms with Crippen LogP contribution in [-0.4, -0.2) is 18.9 Å². The number of anilines is 2. The molecule has 1 saturated carbocycles. The molecule has 4 rings (SSSR count). The normalized spacial score (nSPS) is 14.4. The van der Waals surface area contributed by atoms with Gasteiger partial charge in [-0.3, -0.25) is 9.59 Å². The lowest BCUT2D eigenvalue weighted by molar-refractivity contribution is -0.120. The van der Waals surface area contributed by atoms with Crippen LogP contribution in [-0.2, 0) is 4.79 Å². The van der Waals surface area contributed by atoms with Gasteiger partial charge in [0.1, 0.15) is 17.1 Å². The number of hydrogen-bond donors (Lipinski definition) is 2. The van der Waals surface area contributed by atoms with E-state index in [4.69, 9.17) is 9.15 Å². The predicted molar refractivity (Wildman–Crippen MR) is 117 cm³/mol. The summed E-state index contributed by atoms with van der Waals surface area (Å²) in [5.41, 5.74) is 1.67. The molecule has 31 heavy (non-hydrogen) atoms. The summed E-state index contributed by atoms with van der Waals surface area (Å²) in [7, 11) is 1.57. The summed E-state index contributed by atoms with van der Waals surface area (Å²) in [6.07, 6.45) is 4.80. The number of carbonyl (C=O) groups excluding carboxylic acids is 2. The molecule has 0 unspecified atom stereocenters. The zero-order valence-corrected chi connectivity index (χ0v) is 17.6. The zero-order chi connectivity index (χ0) is 22.0. The largest absolute Gasteiger partial charge is 0.497 e. The maximum absolute atomic E-state index is 14.3. The Bertz CT molecular complexity index is 1130. The van der Waals surface area contributed by atoms with Crippen LogP contribution < -0.4 is 15.4 Å². The van der Waals surface area contributed by atoms with Crippen LogP contribution in [0, 0.1) is 18.7 Å². The Hall–Kier alpha value is -3.35. The van der Waals surface area contributed by atoms with Crippen molar-refractivity contribution in [2.45, 2.75) is 39.0 Å². The second kappa shape index (κ2) is 8.79. The molecule has 0 radical (unpaired) electrons. The molecule has 7 heteroatoms. The van der Waals surface area contributed by atoms with Gasteiger partial charge in [-0.05, 0) is 56.2 Å². The first-order valence-electron chi connectivity index (χ1n) is 10.4. The SMILES string of the molecule is COc1ccc2oc(C(=O)Nc3ccc(F)c(NC(=O)C4CCCCC4)c3)c(C)c2c1. The van der Waals surface area contributed by atoms with Gasteiger partial charge in [0, 0.05) is 22.6 Å². The summed E-state index contributed by atoms with van der Waals surface area (Å²) in [5.74, 6) is -0.440. The maximum Gasteiger partial charge on any atom is 0.291 e. The van der Waals surface area contributed by atoms with Crippen molar-refractivity contribution in [2.24, 2.45) is 5.92 Å². The van der Waals surface area contributed by atoms with E-state index in [-0.39, 0.29) is 23.3 Å². The molecule has 0 saturated heterocycles. The van der Waals surface area contributed by atoms with Crippen molar-refractivity contribution < 1.29 is 23.1 Å². The number of hydrogen-bond acceptors (Lipinski definition) is 4. The number of furan rings is 1. The number of amides is 2. The van der Waals surface area contributed by atoms with Crippen LogP contribution >= 0.6 is 0 Å². The van der Waals surface area contributed by atoms with E-state index in [1.807, 2.05) is 6.07 Å². The van der Waals surface area contributed by atoms with E-state index in [0.717, 1.165) is 37.5 Å². The minimum absolute atomic E-state index is 0.0550. The van der Waals surface area contributed by atoms with Crippen LogP contribution in [0.5, 0.6) is 5.75 Å². The van der Waals surface area contributed by atoms with Gasteiger partial charge in [-0.25, -0.2) is 4.39 Å². The third-order valence-corrected chi connectivity index (χ3v) is 5.81. The molecule has 0 spiro atoms. The molecule has 162 valence electrons. The standard InChI is InChI=1S/C24H25FN2O4/c1-14-18-13-17(30-2)9-11-21(18)31-22(14)24(29)26-16-8-10-19(25)20(12-16)27-23(28)15-6-4-3-5-7-15/h8-13,15H,3-7H2,1-2H3,(H,26,29)(H,27,28). The Balaban J connectivity index is 1.52. The number of ether oxygens (including phenoxy) is 1. The van der Waals surface area contributed by atoms with Crippen molar-refractivity contribution in [1.82, 2.24) is 0 Å². The van der Waals surface area contributed by atoms with Crippen LogP contribution in [0.25, 0.3) is 11.0 Å². The summed E-state index contributed by atoms with van der Waals surface area (Å²) in [5, 5.41) is 6.18. The van der Waals surface area contributed by atoms with Gasteiger partial charge in [0.25, 0.3) is 5.91 Å². The van der Waals surface area contributed by atoms with Gasteiger partial charge in [0.05, 0.1) is 12.8 Å². The minimum Gasteiger partial charge on any atom is -0.497 e. The number of fused-ring (bicyclic) bond motifs is 1. The van der Waals surface area contributed by atoms with Gasteiger partial charge in [0.2, 0.25) is 5.91 Å². The average molecular weight is 424 g/mol. The second-order valence-electron chi connectivity index (χ2n) is 7.89. The fourth-order valence-electron chi connectivity index (χ4n) is 4.03. The molecule has 1 heterocycles. The first-order valence-corrected chi connectivity index (χ1v) is 10.4. The average Bonchev–Trinajstić information content (AvgIpc) is 3.12. The smallest absolute Gasteiger partial charge is 0.291 e.